The van der Waals surface area contributed by atoms with Gasteiger partial charge < -0.3 is 10.5 Å². The summed E-state index contributed by atoms with van der Waals surface area (Å²) >= 11 is 0. The van der Waals surface area contributed by atoms with Crippen LogP contribution in [0, 0.1) is 5.92 Å². The van der Waals surface area contributed by atoms with Gasteiger partial charge in [0, 0.05) is 0 Å². The van der Waals surface area contributed by atoms with Gasteiger partial charge >= 0.3 is 6.01 Å². The molecular weight excluding hydrogens is 166 g/mol. The van der Waals surface area contributed by atoms with Gasteiger partial charge in [0.1, 0.15) is 0 Å². The summed E-state index contributed by atoms with van der Waals surface area (Å²) in [5.41, 5.74) is 6.00. The number of aromatic nitrogens is 2. The molecule has 4 heteroatoms. The van der Waals surface area contributed by atoms with Crippen LogP contribution in [0.25, 0.3) is 0 Å². The number of anilines is 1. The molecule has 1 aliphatic carbocycles. The first-order valence-electron chi connectivity index (χ1n) is 4.55. The number of nitrogens with two attached hydrogens (primary N) is 1. The second-order valence-corrected chi connectivity index (χ2v) is 3.38. The van der Waals surface area contributed by atoms with Crippen LogP contribution in [0.3, 0.4) is 0 Å². The molecule has 0 spiro atoms. The minimum atomic E-state index is 0.426. The van der Waals surface area contributed by atoms with E-state index in [1.807, 2.05) is 0 Å². The van der Waals surface area contributed by atoms with Crippen molar-refractivity contribution in [2.75, 3.05) is 12.3 Å². The lowest BCUT2D eigenvalue weighted by Crippen LogP contribution is -2.02. The molecule has 0 saturated heterocycles. The minimum absolute atomic E-state index is 0.426. The minimum Gasteiger partial charge on any atom is -0.463 e. The number of hydrogen-bond acceptors (Lipinski definition) is 4. The smallest absolute Gasteiger partial charge is 0.316 e. The zero-order chi connectivity index (χ0) is 9.10. The van der Waals surface area contributed by atoms with Gasteiger partial charge in [-0.2, -0.15) is 0 Å². The molecule has 0 bridgehead atoms. The van der Waals surface area contributed by atoms with Crippen LogP contribution in [0.1, 0.15) is 19.3 Å². The van der Waals surface area contributed by atoms with Gasteiger partial charge in [0.25, 0.3) is 0 Å². The van der Waals surface area contributed by atoms with Crippen LogP contribution in [0.15, 0.2) is 12.4 Å². The van der Waals surface area contributed by atoms with E-state index in [4.69, 9.17) is 10.5 Å². The molecule has 0 atom stereocenters. The molecule has 0 radical (unpaired) electrons. The van der Waals surface area contributed by atoms with Gasteiger partial charge in [-0.05, 0) is 12.3 Å². The zero-order valence-electron chi connectivity index (χ0n) is 7.44. The second kappa shape index (κ2) is 3.60. The largest absolute Gasteiger partial charge is 0.463 e. The first kappa shape index (κ1) is 8.29. The normalized spacial score (nSPS) is 15.7. The molecule has 2 rings (SSSR count). The lowest BCUT2D eigenvalue weighted by atomic mass is 10.3. The number of hydrogen-bond donors (Lipinski definition) is 1. The quantitative estimate of drug-likeness (QED) is 0.755. The number of nitrogen functional groups attached to an aromatic ring is 1. The van der Waals surface area contributed by atoms with Gasteiger partial charge in [0.15, 0.2) is 0 Å². The molecular formula is C9H13N3O. The van der Waals surface area contributed by atoms with Gasteiger partial charge in [0.2, 0.25) is 0 Å². The second-order valence-electron chi connectivity index (χ2n) is 3.38. The van der Waals surface area contributed by atoms with E-state index < -0.39 is 0 Å². The average molecular weight is 179 g/mol. The van der Waals surface area contributed by atoms with Crippen molar-refractivity contribution >= 4 is 5.69 Å². The van der Waals surface area contributed by atoms with Crippen molar-refractivity contribution in [3.8, 4) is 6.01 Å². The Hall–Kier alpha value is -1.32. The molecule has 1 fully saturated rings. The first-order valence-corrected chi connectivity index (χ1v) is 4.55. The van der Waals surface area contributed by atoms with E-state index >= 15 is 0 Å². The highest BCUT2D eigenvalue weighted by Crippen LogP contribution is 2.32. The van der Waals surface area contributed by atoms with E-state index in [2.05, 4.69) is 9.97 Å². The number of rotatable bonds is 4. The molecule has 1 aromatic heterocycles. The van der Waals surface area contributed by atoms with Gasteiger partial charge in [-0.1, -0.05) is 12.8 Å². The van der Waals surface area contributed by atoms with E-state index in [1.165, 1.54) is 12.8 Å². The summed E-state index contributed by atoms with van der Waals surface area (Å²) in [6, 6.07) is 0.426. The molecule has 13 heavy (non-hydrogen) atoms. The first-order chi connectivity index (χ1) is 6.34. The maximum Gasteiger partial charge on any atom is 0.316 e. The Kier molecular flexibility index (Phi) is 2.29. The maximum absolute atomic E-state index is 5.43. The fourth-order valence-corrected chi connectivity index (χ4v) is 1.12. The van der Waals surface area contributed by atoms with Crippen LogP contribution in [-0.4, -0.2) is 16.6 Å². The highest BCUT2D eigenvalue weighted by molar-refractivity contribution is 5.30. The Morgan fingerprint density at radius 2 is 2.08 bits per heavy atom. The zero-order valence-corrected chi connectivity index (χ0v) is 7.44. The molecule has 0 unspecified atom stereocenters. The molecule has 1 saturated carbocycles. The summed E-state index contributed by atoms with van der Waals surface area (Å²) in [6.45, 7) is 0.717. The van der Waals surface area contributed by atoms with Crippen LogP contribution in [-0.2, 0) is 0 Å². The van der Waals surface area contributed by atoms with Gasteiger partial charge in [-0.25, -0.2) is 9.97 Å². The Morgan fingerprint density at radius 1 is 1.38 bits per heavy atom. The molecule has 2 N–H and O–H groups in total. The number of ether oxygens (including phenoxy) is 1. The van der Waals surface area contributed by atoms with E-state index in [9.17, 15) is 0 Å². The average Bonchev–Trinajstić information content (AvgIpc) is 2.92. The van der Waals surface area contributed by atoms with Crippen molar-refractivity contribution in [1.29, 1.82) is 0 Å². The molecule has 1 aromatic rings. The van der Waals surface area contributed by atoms with Crippen LogP contribution in [0.4, 0.5) is 5.69 Å². The van der Waals surface area contributed by atoms with Crippen molar-refractivity contribution in [1.82, 2.24) is 9.97 Å². The van der Waals surface area contributed by atoms with E-state index in [1.54, 1.807) is 12.4 Å². The van der Waals surface area contributed by atoms with Crippen molar-refractivity contribution in [2.24, 2.45) is 5.92 Å². The topological polar surface area (TPSA) is 61.0 Å². The summed E-state index contributed by atoms with van der Waals surface area (Å²) in [4.78, 5) is 7.87. The maximum atomic E-state index is 5.43. The molecule has 4 nitrogen and oxygen atoms in total. The highest BCUT2D eigenvalue weighted by atomic mass is 16.5. The van der Waals surface area contributed by atoms with Gasteiger partial charge in [0.05, 0.1) is 24.7 Å². The molecule has 1 heterocycles. The Labute approximate surface area is 77.1 Å². The van der Waals surface area contributed by atoms with E-state index in [0.29, 0.717) is 18.3 Å². The van der Waals surface area contributed by atoms with Gasteiger partial charge in [-0.15, -0.1) is 0 Å². The third-order valence-corrected chi connectivity index (χ3v) is 2.10. The van der Waals surface area contributed by atoms with E-state index in [-0.39, 0.29) is 0 Å². The van der Waals surface area contributed by atoms with Crippen LogP contribution in [0.5, 0.6) is 6.01 Å². The molecule has 0 aromatic carbocycles. The molecule has 0 aliphatic heterocycles. The Balaban J connectivity index is 1.76. The van der Waals surface area contributed by atoms with Crippen molar-refractivity contribution in [2.45, 2.75) is 19.3 Å². The van der Waals surface area contributed by atoms with Crippen LogP contribution >= 0.6 is 0 Å². The molecule has 0 amide bonds. The number of nitrogens with zero attached hydrogens (tertiary/aromatic N) is 2. The highest BCUT2D eigenvalue weighted by Gasteiger charge is 2.20. The summed E-state index contributed by atoms with van der Waals surface area (Å²) in [7, 11) is 0. The summed E-state index contributed by atoms with van der Waals surface area (Å²) in [5, 5.41) is 0. The summed E-state index contributed by atoms with van der Waals surface area (Å²) < 4.78 is 5.33. The van der Waals surface area contributed by atoms with Crippen LogP contribution < -0.4 is 10.5 Å². The summed E-state index contributed by atoms with van der Waals surface area (Å²) in [5.74, 6) is 0.883. The SMILES string of the molecule is Nc1cnc(OCCC2CC2)nc1. The lowest BCUT2D eigenvalue weighted by molar-refractivity contribution is 0.279. The van der Waals surface area contributed by atoms with Crippen LogP contribution in [0.2, 0.25) is 0 Å². The molecule has 1 aliphatic rings. The Bertz CT molecular complexity index is 269. The van der Waals surface area contributed by atoms with Crippen molar-refractivity contribution in [3.05, 3.63) is 12.4 Å². The lowest BCUT2D eigenvalue weighted by Gasteiger charge is -2.02. The third kappa shape index (κ3) is 2.57. The summed E-state index contributed by atoms with van der Waals surface area (Å²) in [6.07, 6.45) is 6.94. The standard InChI is InChI=1S/C9H13N3O/c10-8-5-11-9(12-6-8)13-4-3-7-1-2-7/h5-7H,1-4,10H2. The predicted molar refractivity (Wildman–Crippen MR) is 49.3 cm³/mol. The Morgan fingerprint density at radius 3 is 2.69 bits per heavy atom. The molecule has 70 valence electrons. The monoisotopic (exact) mass is 179 g/mol. The fraction of sp³-hybridized carbons (Fsp3) is 0.556. The van der Waals surface area contributed by atoms with Gasteiger partial charge in [-0.3, -0.25) is 0 Å². The van der Waals surface area contributed by atoms with Crippen molar-refractivity contribution < 1.29 is 4.74 Å². The fourth-order valence-electron chi connectivity index (χ4n) is 1.12. The predicted octanol–water partition coefficient (Wildman–Crippen LogP) is 1.24. The van der Waals surface area contributed by atoms with Crippen molar-refractivity contribution in [3.63, 3.8) is 0 Å². The third-order valence-electron chi connectivity index (χ3n) is 2.10. The van der Waals surface area contributed by atoms with E-state index in [0.717, 1.165) is 12.3 Å².